The van der Waals surface area contributed by atoms with Crippen LogP contribution in [-0.4, -0.2) is 6.10 Å². The summed E-state index contributed by atoms with van der Waals surface area (Å²) >= 11 is 0. The van der Waals surface area contributed by atoms with Crippen LogP contribution < -0.4 is 10.5 Å². The highest BCUT2D eigenvalue weighted by atomic mass is 19.1. The molecule has 1 aromatic rings. The fraction of sp³-hybridized carbons (Fsp3) is 0.400. The van der Waals surface area contributed by atoms with Crippen molar-refractivity contribution < 1.29 is 13.5 Å². The number of hydrogen-bond donors (Lipinski definition) is 1. The lowest BCUT2D eigenvalue weighted by atomic mass is 10.2. The maximum atomic E-state index is 13.2. The topological polar surface area (TPSA) is 35.2 Å². The van der Waals surface area contributed by atoms with Crippen molar-refractivity contribution in [2.45, 2.75) is 26.4 Å². The van der Waals surface area contributed by atoms with E-state index in [4.69, 9.17) is 10.5 Å². The first-order chi connectivity index (χ1) is 6.54. The molecule has 0 spiro atoms. The molecule has 0 saturated heterocycles. The molecule has 14 heavy (non-hydrogen) atoms. The number of nitrogens with two attached hydrogens (primary N) is 1. The van der Waals surface area contributed by atoms with Gasteiger partial charge in [-0.1, -0.05) is 6.92 Å². The van der Waals surface area contributed by atoms with E-state index in [1.54, 1.807) is 6.92 Å². The number of halogens is 2. The van der Waals surface area contributed by atoms with Crippen molar-refractivity contribution in [2.24, 2.45) is 0 Å². The average Bonchev–Trinajstić information content (AvgIpc) is 2.14. The van der Waals surface area contributed by atoms with Gasteiger partial charge in [0.1, 0.15) is 5.82 Å². The van der Waals surface area contributed by atoms with Gasteiger partial charge in [0.05, 0.1) is 11.8 Å². The minimum absolute atomic E-state index is 0.0916. The summed E-state index contributed by atoms with van der Waals surface area (Å²) < 4.78 is 31.3. The van der Waals surface area contributed by atoms with Gasteiger partial charge < -0.3 is 10.5 Å². The second-order valence-corrected chi connectivity index (χ2v) is 3.14. The largest absolute Gasteiger partial charge is 0.488 e. The molecular weight excluding hydrogens is 188 g/mol. The van der Waals surface area contributed by atoms with Crippen LogP contribution in [0, 0.1) is 11.6 Å². The Bertz CT molecular complexity index is 328. The number of ether oxygens (including phenoxy) is 1. The molecule has 2 nitrogen and oxygen atoms in total. The van der Waals surface area contributed by atoms with Gasteiger partial charge in [-0.15, -0.1) is 0 Å². The van der Waals surface area contributed by atoms with Crippen LogP contribution in [0.3, 0.4) is 0 Å². The SMILES string of the molecule is CCC(C)Oc1cc(F)c(N)cc1F. The molecule has 1 atom stereocenters. The summed E-state index contributed by atoms with van der Waals surface area (Å²) in [6, 6.07) is 1.89. The first-order valence-corrected chi connectivity index (χ1v) is 4.45. The third kappa shape index (κ3) is 2.34. The Labute approximate surface area is 81.7 Å². The summed E-state index contributed by atoms with van der Waals surface area (Å²) in [6.07, 6.45) is 0.582. The average molecular weight is 201 g/mol. The van der Waals surface area contributed by atoms with E-state index in [1.807, 2.05) is 6.92 Å². The summed E-state index contributed by atoms with van der Waals surface area (Å²) in [7, 11) is 0. The third-order valence-corrected chi connectivity index (χ3v) is 1.95. The smallest absolute Gasteiger partial charge is 0.167 e. The van der Waals surface area contributed by atoms with Crippen LogP contribution >= 0.6 is 0 Å². The summed E-state index contributed by atoms with van der Waals surface area (Å²) in [6.45, 7) is 3.68. The van der Waals surface area contributed by atoms with Crippen LogP contribution in [0.15, 0.2) is 12.1 Å². The van der Waals surface area contributed by atoms with Gasteiger partial charge >= 0.3 is 0 Å². The first kappa shape index (κ1) is 10.8. The highest BCUT2D eigenvalue weighted by Crippen LogP contribution is 2.24. The fourth-order valence-corrected chi connectivity index (χ4v) is 0.934. The van der Waals surface area contributed by atoms with E-state index >= 15 is 0 Å². The lowest BCUT2D eigenvalue weighted by molar-refractivity contribution is 0.207. The van der Waals surface area contributed by atoms with Crippen molar-refractivity contribution in [3.05, 3.63) is 23.8 Å². The van der Waals surface area contributed by atoms with E-state index in [9.17, 15) is 8.78 Å². The Morgan fingerprint density at radius 3 is 2.57 bits per heavy atom. The van der Waals surface area contributed by atoms with Crippen molar-refractivity contribution >= 4 is 5.69 Å². The minimum atomic E-state index is -0.662. The molecule has 0 saturated carbocycles. The van der Waals surface area contributed by atoms with Crippen molar-refractivity contribution in [1.29, 1.82) is 0 Å². The second-order valence-electron chi connectivity index (χ2n) is 3.14. The highest BCUT2D eigenvalue weighted by Gasteiger charge is 2.10. The Kier molecular flexibility index (Phi) is 3.28. The van der Waals surface area contributed by atoms with Crippen molar-refractivity contribution in [2.75, 3.05) is 5.73 Å². The van der Waals surface area contributed by atoms with E-state index in [2.05, 4.69) is 0 Å². The zero-order valence-electron chi connectivity index (χ0n) is 8.18. The fourth-order valence-electron chi connectivity index (χ4n) is 0.934. The van der Waals surface area contributed by atoms with E-state index in [-0.39, 0.29) is 17.5 Å². The van der Waals surface area contributed by atoms with Gasteiger partial charge in [0, 0.05) is 12.1 Å². The second kappa shape index (κ2) is 4.26. The van der Waals surface area contributed by atoms with Gasteiger partial charge in [-0.2, -0.15) is 0 Å². The van der Waals surface area contributed by atoms with Crippen LogP contribution in [0.4, 0.5) is 14.5 Å². The molecule has 1 unspecified atom stereocenters. The van der Waals surface area contributed by atoms with Gasteiger partial charge in [-0.05, 0) is 13.3 Å². The third-order valence-electron chi connectivity index (χ3n) is 1.95. The van der Waals surface area contributed by atoms with E-state index in [0.717, 1.165) is 18.6 Å². The standard InChI is InChI=1S/C10H13F2NO/c1-3-6(2)14-10-5-7(11)9(13)4-8(10)12/h4-6H,3,13H2,1-2H3. The quantitative estimate of drug-likeness (QED) is 0.763. The highest BCUT2D eigenvalue weighted by molar-refractivity contribution is 5.44. The lowest BCUT2D eigenvalue weighted by Crippen LogP contribution is -2.11. The molecular formula is C10H13F2NO. The Morgan fingerprint density at radius 1 is 1.36 bits per heavy atom. The molecule has 0 bridgehead atoms. The summed E-state index contributed by atoms with van der Waals surface area (Å²) in [5, 5.41) is 0. The van der Waals surface area contributed by atoms with Gasteiger partial charge in [0.15, 0.2) is 11.6 Å². The molecule has 1 aromatic carbocycles. The number of benzene rings is 1. The number of rotatable bonds is 3. The molecule has 0 radical (unpaired) electrons. The molecule has 2 N–H and O–H groups in total. The van der Waals surface area contributed by atoms with Crippen molar-refractivity contribution in [3.8, 4) is 5.75 Å². The molecule has 0 aromatic heterocycles. The first-order valence-electron chi connectivity index (χ1n) is 4.45. The molecule has 0 aliphatic heterocycles. The maximum Gasteiger partial charge on any atom is 0.167 e. The molecule has 4 heteroatoms. The molecule has 0 fully saturated rings. The van der Waals surface area contributed by atoms with Gasteiger partial charge in [0.2, 0.25) is 0 Å². The lowest BCUT2D eigenvalue weighted by Gasteiger charge is -2.13. The van der Waals surface area contributed by atoms with Crippen molar-refractivity contribution in [1.82, 2.24) is 0 Å². The van der Waals surface area contributed by atoms with Gasteiger partial charge in [-0.25, -0.2) is 8.78 Å². The molecule has 0 amide bonds. The van der Waals surface area contributed by atoms with Crippen LogP contribution in [0.2, 0.25) is 0 Å². The zero-order valence-corrected chi connectivity index (χ0v) is 8.18. The van der Waals surface area contributed by atoms with E-state index in [0.29, 0.717) is 0 Å². The molecule has 0 heterocycles. The number of nitrogen functional groups attached to an aromatic ring is 1. The molecule has 0 aliphatic rings. The Balaban J connectivity index is 2.92. The molecule has 1 rings (SSSR count). The van der Waals surface area contributed by atoms with Crippen LogP contribution in [0.5, 0.6) is 5.75 Å². The summed E-state index contributed by atoms with van der Waals surface area (Å²) in [5.41, 5.74) is 4.97. The van der Waals surface area contributed by atoms with Crippen LogP contribution in [0.25, 0.3) is 0 Å². The minimum Gasteiger partial charge on any atom is -0.488 e. The summed E-state index contributed by atoms with van der Waals surface area (Å²) in [5.74, 6) is -1.39. The van der Waals surface area contributed by atoms with Gasteiger partial charge in [-0.3, -0.25) is 0 Å². The zero-order chi connectivity index (χ0) is 10.7. The number of anilines is 1. The van der Waals surface area contributed by atoms with Gasteiger partial charge in [0.25, 0.3) is 0 Å². The number of hydrogen-bond acceptors (Lipinski definition) is 2. The Hall–Kier alpha value is -1.32. The van der Waals surface area contributed by atoms with Crippen molar-refractivity contribution in [3.63, 3.8) is 0 Å². The normalized spacial score (nSPS) is 12.6. The molecule has 0 aliphatic carbocycles. The monoisotopic (exact) mass is 201 g/mol. The summed E-state index contributed by atoms with van der Waals surface area (Å²) in [4.78, 5) is 0. The van der Waals surface area contributed by atoms with Crippen LogP contribution in [0.1, 0.15) is 20.3 Å². The van der Waals surface area contributed by atoms with Crippen LogP contribution in [-0.2, 0) is 0 Å². The Morgan fingerprint density at radius 2 is 2.00 bits per heavy atom. The van der Waals surface area contributed by atoms with E-state index < -0.39 is 11.6 Å². The van der Waals surface area contributed by atoms with E-state index in [1.165, 1.54) is 0 Å². The molecule has 78 valence electrons. The predicted molar refractivity (Wildman–Crippen MR) is 51.2 cm³/mol. The maximum absolute atomic E-state index is 13.2. The predicted octanol–water partition coefficient (Wildman–Crippen LogP) is 2.72.